The fraction of sp³-hybridized carbons (Fsp3) is 0.235. The van der Waals surface area contributed by atoms with E-state index in [9.17, 15) is 23.9 Å². The number of nitrogens with zero attached hydrogens (tertiary/aromatic N) is 4. The monoisotopic (exact) mass is 640 g/mol. The van der Waals surface area contributed by atoms with Gasteiger partial charge in [0.2, 0.25) is 17.7 Å². The third-order valence-corrected chi connectivity index (χ3v) is 7.22. The van der Waals surface area contributed by atoms with Crippen LogP contribution in [-0.2, 0) is 29.1 Å². The Balaban J connectivity index is 1.34. The second-order valence-corrected chi connectivity index (χ2v) is 11.1. The smallest absolute Gasteiger partial charge is 0.412 e. The summed E-state index contributed by atoms with van der Waals surface area (Å²) in [6.07, 6.45) is -0.740. The largest absolute Gasteiger partial charge is 0.444 e. The molecule has 1 unspecified atom stereocenters. The number of amides is 2. The third-order valence-electron chi connectivity index (χ3n) is 7.22. The van der Waals surface area contributed by atoms with Crippen molar-refractivity contribution < 1.29 is 28.2 Å². The molecule has 2 amide bonds. The number of ether oxygens (including phenoxy) is 1. The summed E-state index contributed by atoms with van der Waals surface area (Å²) >= 11 is 0. The van der Waals surface area contributed by atoms with Crippen LogP contribution in [0.25, 0.3) is 11.4 Å². The summed E-state index contributed by atoms with van der Waals surface area (Å²) in [5, 5.41) is 24.3. The molecular weight excluding hydrogens is 607 g/mol. The van der Waals surface area contributed by atoms with E-state index in [1.807, 2.05) is 36.4 Å². The number of carbonyl (C=O) groups excluding carboxylic acids is 2. The van der Waals surface area contributed by atoms with Crippen molar-refractivity contribution in [3.8, 4) is 11.4 Å². The van der Waals surface area contributed by atoms with Crippen LogP contribution in [0.5, 0.6) is 0 Å². The first-order chi connectivity index (χ1) is 22.7. The van der Waals surface area contributed by atoms with E-state index in [0.29, 0.717) is 17.9 Å². The quantitative estimate of drug-likeness (QED) is 0.176. The third kappa shape index (κ3) is 8.52. The molecule has 0 bridgehead atoms. The molecule has 0 aliphatic heterocycles. The second kappa shape index (κ2) is 15.1. The van der Waals surface area contributed by atoms with Crippen molar-refractivity contribution in [2.45, 2.75) is 45.6 Å². The molecular formula is C34H33FN6O6. The van der Waals surface area contributed by atoms with Crippen molar-refractivity contribution in [3.05, 3.63) is 130 Å². The zero-order valence-corrected chi connectivity index (χ0v) is 25.7. The van der Waals surface area contributed by atoms with E-state index in [1.165, 1.54) is 24.3 Å². The van der Waals surface area contributed by atoms with E-state index in [0.717, 1.165) is 21.9 Å². The number of aromatic nitrogens is 4. The Morgan fingerprint density at radius 1 is 0.957 bits per heavy atom. The summed E-state index contributed by atoms with van der Waals surface area (Å²) < 4.78 is 25.7. The Labute approximate surface area is 269 Å². The van der Waals surface area contributed by atoms with Gasteiger partial charge < -0.3 is 19.6 Å². The lowest BCUT2D eigenvalue weighted by atomic mass is 9.98. The summed E-state index contributed by atoms with van der Waals surface area (Å²) in [5.74, 6) is -1.16. The topological polar surface area (TPSA) is 161 Å². The summed E-state index contributed by atoms with van der Waals surface area (Å²) in [6.45, 7) is 3.00. The molecule has 2 heterocycles. The van der Waals surface area contributed by atoms with E-state index in [1.54, 1.807) is 38.1 Å². The highest BCUT2D eigenvalue weighted by molar-refractivity contribution is 5.84. The summed E-state index contributed by atoms with van der Waals surface area (Å²) in [5.41, 5.74) is 1.06. The maximum Gasteiger partial charge on any atom is 0.412 e. The molecule has 47 heavy (non-hydrogen) atoms. The van der Waals surface area contributed by atoms with Crippen LogP contribution >= 0.6 is 0 Å². The first-order valence-electron chi connectivity index (χ1n) is 14.8. The maximum absolute atomic E-state index is 13.7. The molecule has 13 heteroatoms. The fourth-order valence-electron chi connectivity index (χ4n) is 4.79. The van der Waals surface area contributed by atoms with E-state index in [-0.39, 0.29) is 29.9 Å². The van der Waals surface area contributed by atoms with Gasteiger partial charge in [0.05, 0.1) is 18.7 Å². The highest BCUT2D eigenvalue weighted by atomic mass is 19.1. The SMILES string of the molecule is CC(C)[C@H](NC(=O)Cn1c(-c2ccc(F)cc2)ncc(NC(=O)OCc2ccccc2)c1=O)C(O)c1nnc(Cc2ccccc2)o1. The number of aliphatic hydroxyl groups excluding tert-OH is 1. The lowest BCUT2D eigenvalue weighted by Crippen LogP contribution is -2.45. The fourth-order valence-corrected chi connectivity index (χ4v) is 4.79. The number of rotatable bonds is 12. The van der Waals surface area contributed by atoms with E-state index in [2.05, 4.69) is 25.8 Å². The van der Waals surface area contributed by atoms with Crippen LogP contribution in [0.15, 0.2) is 100 Å². The Hall–Kier alpha value is -5.69. The predicted molar refractivity (Wildman–Crippen MR) is 169 cm³/mol. The molecule has 3 N–H and O–H groups in total. The second-order valence-electron chi connectivity index (χ2n) is 11.1. The van der Waals surface area contributed by atoms with Gasteiger partial charge in [-0.1, -0.05) is 74.5 Å². The minimum Gasteiger partial charge on any atom is -0.444 e. The standard InChI is InChI=1S/C34H33FN6O6/c1-21(2)29(30(43)32-40-39-28(47-32)17-22-9-5-3-6-10-22)38-27(42)19-41-31(24-13-15-25(35)16-14-24)36-18-26(33(41)44)37-34(45)46-20-23-11-7-4-8-12-23/h3-16,18,21,29-30,43H,17,19-20H2,1-2H3,(H,37,45)(H,38,42)/t29-,30?/m0/s1. The molecule has 5 rings (SSSR count). The number of hydrogen-bond acceptors (Lipinski definition) is 9. The van der Waals surface area contributed by atoms with Crippen molar-refractivity contribution in [2.75, 3.05) is 5.32 Å². The predicted octanol–water partition coefficient (Wildman–Crippen LogP) is 4.65. The molecule has 0 aliphatic carbocycles. The average molecular weight is 641 g/mol. The molecule has 0 fully saturated rings. The number of hydrogen-bond donors (Lipinski definition) is 3. The molecule has 0 saturated carbocycles. The van der Waals surface area contributed by atoms with Gasteiger partial charge in [-0.3, -0.25) is 19.5 Å². The number of carbonyl (C=O) groups is 2. The van der Waals surface area contributed by atoms with E-state index < -0.39 is 42.1 Å². The van der Waals surface area contributed by atoms with Crippen LogP contribution in [0.3, 0.4) is 0 Å². The first-order valence-corrected chi connectivity index (χ1v) is 14.8. The van der Waals surface area contributed by atoms with Gasteiger partial charge in [-0.05, 0) is 41.3 Å². The van der Waals surface area contributed by atoms with Crippen LogP contribution in [0.2, 0.25) is 0 Å². The molecule has 5 aromatic rings. The first kappa shape index (κ1) is 32.7. The summed E-state index contributed by atoms with van der Waals surface area (Å²) in [4.78, 5) is 43.9. The van der Waals surface area contributed by atoms with Crippen molar-refractivity contribution in [1.82, 2.24) is 25.1 Å². The molecule has 0 saturated heterocycles. The Morgan fingerprint density at radius 3 is 2.28 bits per heavy atom. The minimum atomic E-state index is -1.35. The maximum atomic E-state index is 13.7. The number of aliphatic hydroxyl groups is 1. The van der Waals surface area contributed by atoms with Crippen molar-refractivity contribution in [3.63, 3.8) is 0 Å². The molecule has 12 nitrogen and oxygen atoms in total. The van der Waals surface area contributed by atoms with Crippen LogP contribution in [0.1, 0.15) is 42.9 Å². The van der Waals surface area contributed by atoms with E-state index in [4.69, 9.17) is 9.15 Å². The van der Waals surface area contributed by atoms with Crippen LogP contribution in [0.4, 0.5) is 14.9 Å². The van der Waals surface area contributed by atoms with Gasteiger partial charge in [0, 0.05) is 5.56 Å². The molecule has 0 spiro atoms. The number of benzene rings is 3. The van der Waals surface area contributed by atoms with Gasteiger partial charge in [-0.2, -0.15) is 0 Å². The number of nitrogens with one attached hydrogen (secondary N) is 2. The average Bonchev–Trinajstić information content (AvgIpc) is 3.54. The van der Waals surface area contributed by atoms with Gasteiger partial charge in [0.25, 0.3) is 5.56 Å². The van der Waals surface area contributed by atoms with Crippen molar-refractivity contribution >= 4 is 17.7 Å². The van der Waals surface area contributed by atoms with Gasteiger partial charge in [0.1, 0.15) is 30.5 Å². The van der Waals surface area contributed by atoms with Gasteiger partial charge in [-0.15, -0.1) is 10.2 Å². The number of anilines is 1. The lowest BCUT2D eigenvalue weighted by molar-refractivity contribution is -0.124. The Morgan fingerprint density at radius 2 is 1.62 bits per heavy atom. The van der Waals surface area contributed by atoms with Gasteiger partial charge in [0.15, 0.2) is 6.10 Å². The van der Waals surface area contributed by atoms with Gasteiger partial charge in [-0.25, -0.2) is 14.2 Å². The Bertz CT molecular complexity index is 1860. The molecule has 0 aliphatic rings. The van der Waals surface area contributed by atoms with Crippen LogP contribution in [-0.4, -0.2) is 42.9 Å². The Kier molecular flexibility index (Phi) is 10.5. The van der Waals surface area contributed by atoms with Crippen molar-refractivity contribution in [1.29, 1.82) is 0 Å². The molecule has 242 valence electrons. The molecule has 3 aromatic carbocycles. The van der Waals surface area contributed by atoms with Crippen molar-refractivity contribution in [2.24, 2.45) is 5.92 Å². The minimum absolute atomic E-state index is 0.0307. The zero-order chi connectivity index (χ0) is 33.3. The molecule has 2 atom stereocenters. The molecule has 2 aromatic heterocycles. The van der Waals surface area contributed by atoms with Crippen LogP contribution in [0, 0.1) is 11.7 Å². The number of halogens is 1. The zero-order valence-electron chi connectivity index (χ0n) is 25.7. The highest BCUT2D eigenvalue weighted by Gasteiger charge is 2.30. The van der Waals surface area contributed by atoms with Crippen LogP contribution < -0.4 is 16.2 Å². The normalized spacial score (nSPS) is 12.4. The van der Waals surface area contributed by atoms with E-state index >= 15 is 0 Å². The summed E-state index contributed by atoms with van der Waals surface area (Å²) in [7, 11) is 0. The molecule has 0 radical (unpaired) electrons. The van der Waals surface area contributed by atoms with Gasteiger partial charge >= 0.3 is 6.09 Å². The summed E-state index contributed by atoms with van der Waals surface area (Å²) in [6, 6.07) is 22.8. The highest BCUT2D eigenvalue weighted by Crippen LogP contribution is 2.23. The lowest BCUT2D eigenvalue weighted by Gasteiger charge is -2.26.